The van der Waals surface area contributed by atoms with Gasteiger partial charge in [-0.05, 0) is 26.8 Å². The molecule has 0 aromatic rings. The van der Waals surface area contributed by atoms with Gasteiger partial charge >= 0.3 is 0 Å². The van der Waals surface area contributed by atoms with Crippen molar-refractivity contribution < 1.29 is 9.47 Å². The average molecular weight is 169 g/mol. The molecule has 0 N–H and O–H groups in total. The van der Waals surface area contributed by atoms with Crippen molar-refractivity contribution in [3.63, 3.8) is 0 Å². The average Bonchev–Trinajstić information content (AvgIpc) is 2.04. The van der Waals surface area contributed by atoms with Gasteiger partial charge in [0.2, 0.25) is 0 Å². The normalized spacial score (nSPS) is 15.8. The van der Waals surface area contributed by atoms with E-state index in [-0.39, 0.29) is 6.29 Å². The number of ether oxygens (including phenoxy) is 2. The summed E-state index contributed by atoms with van der Waals surface area (Å²) in [4.78, 5) is 0. The van der Waals surface area contributed by atoms with Crippen LogP contribution in [0.4, 0.5) is 0 Å². The van der Waals surface area contributed by atoms with Gasteiger partial charge in [0, 0.05) is 6.61 Å². The predicted octanol–water partition coefficient (Wildman–Crippen LogP) is 1.85. The molecule has 0 fully saturated rings. The number of hydrogen-bond acceptors (Lipinski definition) is 3. The van der Waals surface area contributed by atoms with Crippen molar-refractivity contribution in [2.45, 2.75) is 33.2 Å². The summed E-state index contributed by atoms with van der Waals surface area (Å²) in [5, 5.41) is 8.59. The van der Waals surface area contributed by atoms with Crippen LogP contribution < -0.4 is 0 Å². The van der Waals surface area contributed by atoms with Gasteiger partial charge in [0.05, 0.1) is 6.07 Å². The Bertz CT molecular complexity index is 172. The molecule has 0 spiro atoms. The smallest absolute Gasteiger partial charge is 0.165 e. The standard InChI is InChI=1S/C9H15NO2/c1-4-6-9(7-10)12-8(3)11-5-2/h4,6,8-9H,5H2,1-3H3/b6-4+. The van der Waals surface area contributed by atoms with E-state index < -0.39 is 6.10 Å². The van der Waals surface area contributed by atoms with E-state index in [9.17, 15) is 0 Å². The van der Waals surface area contributed by atoms with Gasteiger partial charge in [-0.25, -0.2) is 0 Å². The molecule has 0 radical (unpaired) electrons. The molecule has 2 unspecified atom stereocenters. The largest absolute Gasteiger partial charge is 0.353 e. The topological polar surface area (TPSA) is 42.2 Å². The summed E-state index contributed by atoms with van der Waals surface area (Å²) in [6.07, 6.45) is 2.65. The van der Waals surface area contributed by atoms with Gasteiger partial charge in [-0.2, -0.15) is 5.26 Å². The molecular weight excluding hydrogens is 154 g/mol. The highest BCUT2D eigenvalue weighted by atomic mass is 16.7. The lowest BCUT2D eigenvalue weighted by molar-refractivity contribution is -0.133. The second-order valence-corrected chi connectivity index (χ2v) is 2.23. The molecule has 0 aromatic heterocycles. The lowest BCUT2D eigenvalue weighted by atomic mass is 10.3. The Hall–Kier alpha value is -0.850. The van der Waals surface area contributed by atoms with Crippen LogP contribution in [0.1, 0.15) is 20.8 Å². The van der Waals surface area contributed by atoms with Gasteiger partial charge in [0.25, 0.3) is 0 Å². The third-order valence-electron chi connectivity index (χ3n) is 1.23. The lowest BCUT2D eigenvalue weighted by Gasteiger charge is -2.14. The van der Waals surface area contributed by atoms with Gasteiger partial charge in [0.15, 0.2) is 12.4 Å². The number of allylic oxidation sites excluding steroid dienone is 1. The van der Waals surface area contributed by atoms with Crippen LogP contribution in [0.2, 0.25) is 0 Å². The highest BCUT2D eigenvalue weighted by molar-refractivity contribution is 5.00. The Morgan fingerprint density at radius 2 is 2.25 bits per heavy atom. The number of nitrogens with zero attached hydrogens (tertiary/aromatic N) is 1. The molecule has 0 aliphatic heterocycles. The van der Waals surface area contributed by atoms with Gasteiger partial charge in [-0.3, -0.25) is 0 Å². The summed E-state index contributed by atoms with van der Waals surface area (Å²) in [5.41, 5.74) is 0. The maximum Gasteiger partial charge on any atom is 0.165 e. The maximum absolute atomic E-state index is 8.59. The molecule has 2 atom stereocenters. The van der Waals surface area contributed by atoms with E-state index in [1.54, 1.807) is 19.1 Å². The number of nitriles is 1. The predicted molar refractivity (Wildman–Crippen MR) is 46.4 cm³/mol. The first-order valence-corrected chi connectivity index (χ1v) is 4.04. The van der Waals surface area contributed by atoms with Crippen LogP contribution in [-0.2, 0) is 9.47 Å². The first kappa shape index (κ1) is 11.2. The fraction of sp³-hybridized carbons (Fsp3) is 0.667. The highest BCUT2D eigenvalue weighted by Gasteiger charge is 2.07. The van der Waals surface area contributed by atoms with E-state index in [0.717, 1.165) is 0 Å². The third-order valence-corrected chi connectivity index (χ3v) is 1.23. The van der Waals surface area contributed by atoms with Crippen molar-refractivity contribution in [1.29, 1.82) is 5.26 Å². The molecule has 0 heterocycles. The fourth-order valence-electron chi connectivity index (χ4n) is 0.774. The molecular formula is C9H15NO2. The van der Waals surface area contributed by atoms with Crippen molar-refractivity contribution in [3.05, 3.63) is 12.2 Å². The van der Waals surface area contributed by atoms with Crippen molar-refractivity contribution in [1.82, 2.24) is 0 Å². The van der Waals surface area contributed by atoms with Gasteiger partial charge < -0.3 is 9.47 Å². The van der Waals surface area contributed by atoms with E-state index in [0.29, 0.717) is 6.61 Å². The van der Waals surface area contributed by atoms with Crippen LogP contribution in [0.15, 0.2) is 12.2 Å². The fourth-order valence-corrected chi connectivity index (χ4v) is 0.774. The van der Waals surface area contributed by atoms with Crippen molar-refractivity contribution >= 4 is 0 Å². The van der Waals surface area contributed by atoms with Crippen molar-refractivity contribution in [3.8, 4) is 6.07 Å². The minimum atomic E-state index is -0.503. The first-order valence-electron chi connectivity index (χ1n) is 4.04. The second-order valence-electron chi connectivity index (χ2n) is 2.23. The minimum absolute atomic E-state index is 0.323. The Balaban J connectivity index is 3.79. The summed E-state index contributed by atoms with van der Waals surface area (Å²) >= 11 is 0. The summed E-state index contributed by atoms with van der Waals surface area (Å²) in [6, 6.07) is 2.00. The first-order chi connectivity index (χ1) is 5.74. The summed E-state index contributed by atoms with van der Waals surface area (Å²) in [5.74, 6) is 0. The highest BCUT2D eigenvalue weighted by Crippen LogP contribution is 2.00. The molecule has 0 saturated heterocycles. The van der Waals surface area contributed by atoms with Crippen LogP contribution in [0.5, 0.6) is 0 Å². The third kappa shape index (κ3) is 4.89. The molecule has 12 heavy (non-hydrogen) atoms. The summed E-state index contributed by atoms with van der Waals surface area (Å²) in [7, 11) is 0. The Kier molecular flexibility index (Phi) is 6.35. The van der Waals surface area contributed by atoms with Crippen LogP contribution >= 0.6 is 0 Å². The van der Waals surface area contributed by atoms with Crippen molar-refractivity contribution in [2.75, 3.05) is 6.61 Å². The molecule has 0 amide bonds. The molecule has 3 nitrogen and oxygen atoms in total. The lowest BCUT2D eigenvalue weighted by Crippen LogP contribution is -2.19. The van der Waals surface area contributed by atoms with E-state index in [1.807, 2.05) is 19.9 Å². The zero-order valence-electron chi connectivity index (χ0n) is 7.78. The monoisotopic (exact) mass is 169 g/mol. The van der Waals surface area contributed by atoms with E-state index in [1.165, 1.54) is 0 Å². The van der Waals surface area contributed by atoms with E-state index >= 15 is 0 Å². The van der Waals surface area contributed by atoms with Crippen LogP contribution in [0.25, 0.3) is 0 Å². The summed E-state index contributed by atoms with van der Waals surface area (Å²) < 4.78 is 10.3. The Morgan fingerprint density at radius 1 is 1.58 bits per heavy atom. The van der Waals surface area contributed by atoms with Gasteiger partial charge in [-0.15, -0.1) is 0 Å². The van der Waals surface area contributed by atoms with Crippen LogP contribution in [-0.4, -0.2) is 19.0 Å². The van der Waals surface area contributed by atoms with Crippen LogP contribution in [0, 0.1) is 11.3 Å². The maximum atomic E-state index is 8.59. The molecule has 0 aliphatic carbocycles. The van der Waals surface area contributed by atoms with Gasteiger partial charge in [0.1, 0.15) is 0 Å². The van der Waals surface area contributed by atoms with Gasteiger partial charge in [-0.1, -0.05) is 6.08 Å². The molecule has 0 aromatic carbocycles. The molecule has 3 heteroatoms. The minimum Gasteiger partial charge on any atom is -0.353 e. The quantitative estimate of drug-likeness (QED) is 0.466. The zero-order valence-corrected chi connectivity index (χ0v) is 7.78. The van der Waals surface area contributed by atoms with Crippen molar-refractivity contribution in [2.24, 2.45) is 0 Å². The number of rotatable bonds is 5. The molecule has 68 valence electrons. The molecule has 0 aliphatic rings. The Labute approximate surface area is 73.6 Å². The zero-order chi connectivity index (χ0) is 9.40. The summed E-state index contributed by atoms with van der Waals surface area (Å²) in [6.45, 7) is 6.10. The van der Waals surface area contributed by atoms with Crippen LogP contribution in [0.3, 0.4) is 0 Å². The van der Waals surface area contributed by atoms with E-state index in [4.69, 9.17) is 14.7 Å². The second kappa shape index (κ2) is 6.84. The Morgan fingerprint density at radius 3 is 2.67 bits per heavy atom. The number of hydrogen-bond donors (Lipinski definition) is 0. The molecule has 0 saturated carbocycles. The molecule has 0 rings (SSSR count). The SMILES string of the molecule is C/C=C/C(C#N)OC(C)OCC. The van der Waals surface area contributed by atoms with E-state index in [2.05, 4.69) is 0 Å². The molecule has 0 bridgehead atoms.